The average molecular weight is 280 g/mol. The van der Waals surface area contributed by atoms with Crippen molar-refractivity contribution >= 4 is 17.7 Å². The SMILES string of the molecule is O=C(O)COc1cccc(NC(=O)N2CCC(O)C2)c1. The number of hydrogen-bond donors (Lipinski definition) is 3. The number of carbonyl (C=O) groups excluding carboxylic acids is 1. The first-order valence-corrected chi connectivity index (χ1v) is 6.23. The quantitative estimate of drug-likeness (QED) is 0.755. The van der Waals surface area contributed by atoms with Gasteiger partial charge < -0.3 is 25.2 Å². The van der Waals surface area contributed by atoms with Gasteiger partial charge in [-0.1, -0.05) is 6.07 Å². The number of urea groups is 1. The van der Waals surface area contributed by atoms with E-state index >= 15 is 0 Å². The van der Waals surface area contributed by atoms with Gasteiger partial charge in [-0.3, -0.25) is 0 Å². The molecule has 2 rings (SSSR count). The van der Waals surface area contributed by atoms with E-state index in [2.05, 4.69) is 5.32 Å². The van der Waals surface area contributed by atoms with Gasteiger partial charge in [-0.2, -0.15) is 0 Å². The van der Waals surface area contributed by atoms with E-state index in [0.29, 0.717) is 30.9 Å². The van der Waals surface area contributed by atoms with Crippen LogP contribution >= 0.6 is 0 Å². The van der Waals surface area contributed by atoms with Gasteiger partial charge in [0.2, 0.25) is 0 Å². The number of aliphatic hydroxyl groups is 1. The van der Waals surface area contributed by atoms with Crippen LogP contribution < -0.4 is 10.1 Å². The number of carboxylic acids is 1. The van der Waals surface area contributed by atoms with Crippen molar-refractivity contribution in [3.05, 3.63) is 24.3 Å². The molecule has 1 aromatic rings. The number of hydrogen-bond acceptors (Lipinski definition) is 4. The van der Waals surface area contributed by atoms with Crippen LogP contribution in [0.25, 0.3) is 0 Å². The Bertz CT molecular complexity index is 505. The van der Waals surface area contributed by atoms with E-state index in [4.69, 9.17) is 9.84 Å². The smallest absolute Gasteiger partial charge is 0.341 e. The van der Waals surface area contributed by atoms with E-state index in [-0.39, 0.29) is 6.03 Å². The standard InChI is InChI=1S/C13H16N2O5/c16-10-4-5-15(7-10)13(19)14-9-2-1-3-11(6-9)20-8-12(17)18/h1-3,6,10,16H,4-5,7-8H2,(H,14,19)(H,17,18). The van der Waals surface area contributed by atoms with Gasteiger partial charge in [-0.25, -0.2) is 9.59 Å². The summed E-state index contributed by atoms with van der Waals surface area (Å²) in [5.41, 5.74) is 0.513. The molecule has 0 bridgehead atoms. The minimum atomic E-state index is -1.06. The van der Waals surface area contributed by atoms with Gasteiger partial charge in [-0.05, 0) is 18.6 Å². The monoisotopic (exact) mass is 280 g/mol. The summed E-state index contributed by atoms with van der Waals surface area (Å²) in [7, 11) is 0. The molecule has 0 saturated carbocycles. The lowest BCUT2D eigenvalue weighted by molar-refractivity contribution is -0.139. The molecule has 0 aromatic heterocycles. The summed E-state index contributed by atoms with van der Waals surface area (Å²) in [6.07, 6.45) is 0.112. The topological polar surface area (TPSA) is 99.1 Å². The lowest BCUT2D eigenvalue weighted by Gasteiger charge is -2.16. The highest BCUT2D eigenvalue weighted by atomic mass is 16.5. The Labute approximate surface area is 115 Å². The van der Waals surface area contributed by atoms with Crippen LogP contribution in [0, 0.1) is 0 Å². The van der Waals surface area contributed by atoms with Crippen LogP contribution in [0.4, 0.5) is 10.5 Å². The predicted octanol–water partition coefficient (Wildman–Crippen LogP) is 0.748. The third kappa shape index (κ3) is 3.86. The molecule has 1 fully saturated rings. The number of nitrogens with one attached hydrogen (secondary N) is 1. The van der Waals surface area contributed by atoms with E-state index < -0.39 is 18.7 Å². The number of nitrogens with zero attached hydrogens (tertiary/aromatic N) is 1. The summed E-state index contributed by atoms with van der Waals surface area (Å²) in [4.78, 5) is 23.8. The minimum Gasteiger partial charge on any atom is -0.482 e. The summed E-state index contributed by atoms with van der Waals surface area (Å²) in [5, 5.41) is 20.6. The van der Waals surface area contributed by atoms with Crippen molar-refractivity contribution in [3.8, 4) is 5.75 Å². The maximum atomic E-state index is 11.9. The highest BCUT2D eigenvalue weighted by Gasteiger charge is 2.24. The highest BCUT2D eigenvalue weighted by molar-refractivity contribution is 5.89. The van der Waals surface area contributed by atoms with Crippen LogP contribution in [0.5, 0.6) is 5.75 Å². The Morgan fingerprint density at radius 3 is 2.90 bits per heavy atom. The van der Waals surface area contributed by atoms with Crippen molar-refractivity contribution in [2.75, 3.05) is 25.0 Å². The van der Waals surface area contributed by atoms with Gasteiger partial charge in [0.1, 0.15) is 5.75 Å². The molecule has 7 heteroatoms. The predicted molar refractivity (Wildman–Crippen MR) is 70.8 cm³/mol. The van der Waals surface area contributed by atoms with Crippen molar-refractivity contribution in [1.29, 1.82) is 0 Å². The second-order valence-corrected chi connectivity index (χ2v) is 4.53. The number of anilines is 1. The van der Waals surface area contributed by atoms with Gasteiger partial charge in [0.25, 0.3) is 0 Å². The molecule has 1 unspecified atom stereocenters. The maximum absolute atomic E-state index is 11.9. The fraction of sp³-hybridized carbons (Fsp3) is 0.385. The summed E-state index contributed by atoms with van der Waals surface area (Å²) in [5.74, 6) is -0.697. The van der Waals surface area contributed by atoms with E-state index in [9.17, 15) is 14.7 Å². The number of β-amino-alcohol motifs (C(OH)–C–C–N with tert-alkyl or cyclic N) is 1. The van der Waals surface area contributed by atoms with E-state index in [1.807, 2.05) is 0 Å². The fourth-order valence-electron chi connectivity index (χ4n) is 1.94. The van der Waals surface area contributed by atoms with Gasteiger partial charge in [0.15, 0.2) is 6.61 Å². The van der Waals surface area contributed by atoms with Crippen LogP contribution in [-0.2, 0) is 4.79 Å². The number of carboxylic acid groups (broad SMARTS) is 1. The zero-order valence-electron chi connectivity index (χ0n) is 10.8. The van der Waals surface area contributed by atoms with Crippen LogP contribution in [0.15, 0.2) is 24.3 Å². The number of likely N-dealkylation sites (tertiary alicyclic amines) is 1. The third-order valence-electron chi connectivity index (χ3n) is 2.90. The lowest BCUT2D eigenvalue weighted by atomic mass is 10.3. The van der Waals surface area contributed by atoms with Crippen molar-refractivity contribution in [1.82, 2.24) is 4.90 Å². The number of ether oxygens (including phenoxy) is 1. The molecule has 0 spiro atoms. The summed E-state index contributed by atoms with van der Waals surface area (Å²) in [6.45, 7) is 0.402. The Morgan fingerprint density at radius 1 is 1.45 bits per heavy atom. The first-order chi connectivity index (χ1) is 9.54. The zero-order valence-corrected chi connectivity index (χ0v) is 10.8. The number of amides is 2. The summed E-state index contributed by atoms with van der Waals surface area (Å²) >= 11 is 0. The molecule has 1 aliphatic rings. The van der Waals surface area contributed by atoms with Crippen molar-refractivity contribution < 1.29 is 24.5 Å². The molecule has 7 nitrogen and oxygen atoms in total. The molecule has 1 heterocycles. The first-order valence-electron chi connectivity index (χ1n) is 6.23. The van der Waals surface area contributed by atoms with Gasteiger partial charge >= 0.3 is 12.0 Å². The minimum absolute atomic E-state index is 0.295. The Kier molecular flexibility index (Phi) is 4.41. The Balaban J connectivity index is 1.93. The van der Waals surface area contributed by atoms with Gasteiger partial charge in [0, 0.05) is 24.8 Å². The Morgan fingerprint density at radius 2 is 2.25 bits per heavy atom. The molecule has 108 valence electrons. The van der Waals surface area contributed by atoms with Crippen LogP contribution in [-0.4, -0.2) is 52.9 Å². The second kappa shape index (κ2) is 6.25. The molecular weight excluding hydrogens is 264 g/mol. The molecule has 0 aliphatic carbocycles. The normalized spacial score (nSPS) is 17.9. The van der Waals surface area contributed by atoms with E-state index in [0.717, 1.165) is 0 Å². The van der Waals surface area contributed by atoms with Crippen LogP contribution in [0.3, 0.4) is 0 Å². The summed E-state index contributed by atoms with van der Waals surface area (Å²) < 4.78 is 5.03. The largest absolute Gasteiger partial charge is 0.482 e. The van der Waals surface area contributed by atoms with Crippen molar-refractivity contribution in [2.24, 2.45) is 0 Å². The second-order valence-electron chi connectivity index (χ2n) is 4.53. The summed E-state index contributed by atoms with van der Waals surface area (Å²) in [6, 6.07) is 6.20. The molecular formula is C13H16N2O5. The number of rotatable bonds is 4. The molecule has 1 atom stereocenters. The molecule has 20 heavy (non-hydrogen) atoms. The zero-order chi connectivity index (χ0) is 14.5. The van der Waals surface area contributed by atoms with Crippen molar-refractivity contribution in [3.63, 3.8) is 0 Å². The number of aliphatic carboxylic acids is 1. The van der Waals surface area contributed by atoms with Gasteiger partial charge in [-0.15, -0.1) is 0 Å². The maximum Gasteiger partial charge on any atom is 0.341 e. The van der Waals surface area contributed by atoms with Crippen LogP contribution in [0.2, 0.25) is 0 Å². The first kappa shape index (κ1) is 14.1. The average Bonchev–Trinajstić information content (AvgIpc) is 2.84. The third-order valence-corrected chi connectivity index (χ3v) is 2.90. The fourth-order valence-corrected chi connectivity index (χ4v) is 1.94. The lowest BCUT2D eigenvalue weighted by Crippen LogP contribution is -2.33. The van der Waals surface area contributed by atoms with Crippen LogP contribution in [0.1, 0.15) is 6.42 Å². The molecule has 1 aliphatic heterocycles. The van der Waals surface area contributed by atoms with Crippen molar-refractivity contribution in [2.45, 2.75) is 12.5 Å². The molecule has 1 aromatic carbocycles. The van der Waals surface area contributed by atoms with E-state index in [1.54, 1.807) is 24.3 Å². The Hall–Kier alpha value is -2.28. The number of aliphatic hydroxyl groups excluding tert-OH is 1. The number of benzene rings is 1. The van der Waals surface area contributed by atoms with Gasteiger partial charge in [0.05, 0.1) is 6.10 Å². The molecule has 0 radical (unpaired) electrons. The molecule has 2 amide bonds. The number of carbonyl (C=O) groups is 2. The highest BCUT2D eigenvalue weighted by Crippen LogP contribution is 2.18. The molecule has 1 saturated heterocycles. The molecule has 3 N–H and O–H groups in total. The van der Waals surface area contributed by atoms with E-state index in [1.165, 1.54) is 4.90 Å².